The summed E-state index contributed by atoms with van der Waals surface area (Å²) in [6.45, 7) is 1.23. The Kier molecular flexibility index (Phi) is 5.31. The number of hydrogen-bond acceptors (Lipinski definition) is 4. The van der Waals surface area contributed by atoms with Gasteiger partial charge in [0.05, 0.1) is 15.8 Å². The average molecular weight is 293 g/mol. The van der Waals surface area contributed by atoms with E-state index < -0.39 is 12.1 Å². The Morgan fingerprint density at radius 1 is 1.35 bits per heavy atom. The third-order valence-corrected chi connectivity index (χ3v) is 3.03. The normalized spacial score (nSPS) is 12.0. The van der Waals surface area contributed by atoms with Gasteiger partial charge in [-0.15, -0.1) is 0 Å². The van der Waals surface area contributed by atoms with Gasteiger partial charge in [0.25, 0.3) is 0 Å². The van der Waals surface area contributed by atoms with E-state index in [-0.39, 0.29) is 11.5 Å². The summed E-state index contributed by atoms with van der Waals surface area (Å²) in [5.41, 5.74) is 0.480. The molecule has 1 aromatic carbocycles. The third-order valence-electron chi connectivity index (χ3n) is 1.98. The van der Waals surface area contributed by atoms with Gasteiger partial charge >= 0.3 is 5.97 Å². The van der Waals surface area contributed by atoms with Crippen molar-refractivity contribution in [3.63, 3.8) is 0 Å². The van der Waals surface area contributed by atoms with Crippen LogP contribution in [0.15, 0.2) is 18.2 Å². The van der Waals surface area contributed by atoms with E-state index in [2.05, 4.69) is 12.6 Å². The van der Waals surface area contributed by atoms with Crippen molar-refractivity contribution in [2.45, 2.75) is 13.0 Å². The fourth-order valence-electron chi connectivity index (χ4n) is 1.24. The van der Waals surface area contributed by atoms with Crippen LogP contribution in [0.3, 0.4) is 0 Å². The summed E-state index contributed by atoms with van der Waals surface area (Å²) in [7, 11) is 0. The van der Waals surface area contributed by atoms with E-state index in [1.165, 1.54) is 13.0 Å². The molecule has 0 saturated heterocycles. The molecule has 0 N–H and O–H groups in total. The van der Waals surface area contributed by atoms with Crippen molar-refractivity contribution in [3.8, 4) is 0 Å². The van der Waals surface area contributed by atoms with Crippen molar-refractivity contribution >= 4 is 47.6 Å². The molecule has 0 fully saturated rings. The van der Waals surface area contributed by atoms with E-state index in [1.807, 2.05) is 0 Å². The second-order valence-electron chi connectivity index (χ2n) is 3.29. The maximum absolute atomic E-state index is 11.6. The number of Topliss-reactive ketones (excluding diaryl/α,β-unsaturated/α-hetero) is 1. The number of ketones is 1. The quantitative estimate of drug-likeness (QED) is 0.685. The summed E-state index contributed by atoms with van der Waals surface area (Å²) < 4.78 is 4.94. The fourth-order valence-corrected chi connectivity index (χ4v) is 1.72. The molecule has 0 aromatic heterocycles. The number of ether oxygens (including phenoxy) is 1. The van der Waals surface area contributed by atoms with Crippen LogP contribution in [-0.4, -0.2) is 17.5 Å². The largest absolute Gasteiger partial charge is 0.450 e. The third kappa shape index (κ3) is 3.91. The Labute approximate surface area is 114 Å². The lowest BCUT2D eigenvalue weighted by Gasteiger charge is -2.15. The molecule has 17 heavy (non-hydrogen) atoms. The van der Waals surface area contributed by atoms with Crippen molar-refractivity contribution < 1.29 is 14.3 Å². The maximum Gasteiger partial charge on any atom is 0.303 e. The van der Waals surface area contributed by atoms with E-state index in [0.717, 1.165) is 0 Å². The summed E-state index contributed by atoms with van der Waals surface area (Å²) in [6, 6.07) is 4.63. The van der Waals surface area contributed by atoms with Crippen LogP contribution >= 0.6 is 35.8 Å². The molecule has 0 heterocycles. The molecule has 3 nitrogen and oxygen atoms in total. The highest BCUT2D eigenvalue weighted by Crippen LogP contribution is 2.28. The van der Waals surface area contributed by atoms with E-state index in [4.69, 9.17) is 27.9 Å². The average Bonchev–Trinajstić information content (AvgIpc) is 2.28. The molecule has 0 spiro atoms. The monoisotopic (exact) mass is 292 g/mol. The van der Waals surface area contributed by atoms with Gasteiger partial charge in [-0.25, -0.2) is 0 Å². The van der Waals surface area contributed by atoms with Gasteiger partial charge in [-0.2, -0.15) is 12.6 Å². The Morgan fingerprint density at radius 3 is 2.47 bits per heavy atom. The zero-order valence-electron chi connectivity index (χ0n) is 8.94. The van der Waals surface area contributed by atoms with E-state index >= 15 is 0 Å². The molecule has 6 heteroatoms. The predicted octanol–water partition coefficient (Wildman–Crippen LogP) is 3.10. The van der Waals surface area contributed by atoms with Gasteiger partial charge in [0.2, 0.25) is 0 Å². The smallest absolute Gasteiger partial charge is 0.303 e. The zero-order chi connectivity index (χ0) is 13.0. The van der Waals surface area contributed by atoms with Gasteiger partial charge in [0.1, 0.15) is 0 Å². The van der Waals surface area contributed by atoms with Crippen LogP contribution in [0.2, 0.25) is 10.0 Å². The zero-order valence-corrected chi connectivity index (χ0v) is 11.4. The summed E-state index contributed by atoms with van der Waals surface area (Å²) in [5, 5.41) is 0.670. The summed E-state index contributed by atoms with van der Waals surface area (Å²) in [6.07, 6.45) is -0.986. The Balaban J connectivity index is 3.07. The number of rotatable bonds is 4. The second-order valence-corrected chi connectivity index (χ2v) is 4.42. The first-order valence-corrected chi connectivity index (χ1v) is 6.10. The standard InChI is InChI=1S/C11H10Cl2O3S/c1-6(14)16-11(10(15)5-17)7-2-3-8(12)9(13)4-7/h2-4,11,17H,5H2,1H3. The Morgan fingerprint density at radius 2 is 2.00 bits per heavy atom. The van der Waals surface area contributed by atoms with Crippen molar-refractivity contribution in [2.24, 2.45) is 0 Å². The highest BCUT2D eigenvalue weighted by molar-refractivity contribution is 7.81. The number of hydrogen-bond donors (Lipinski definition) is 1. The highest BCUT2D eigenvalue weighted by atomic mass is 35.5. The molecule has 0 amide bonds. The first-order valence-electron chi connectivity index (χ1n) is 4.71. The number of benzene rings is 1. The van der Waals surface area contributed by atoms with Crippen molar-refractivity contribution in [2.75, 3.05) is 5.75 Å². The molecule has 0 aliphatic heterocycles. The van der Waals surface area contributed by atoms with Gasteiger partial charge in [-0.3, -0.25) is 9.59 Å². The summed E-state index contributed by atoms with van der Waals surface area (Å²) in [5.74, 6) is -0.892. The van der Waals surface area contributed by atoms with Crippen LogP contribution in [0.25, 0.3) is 0 Å². The van der Waals surface area contributed by atoms with Crippen LogP contribution in [0.4, 0.5) is 0 Å². The molecule has 0 bridgehead atoms. The number of esters is 1. The lowest BCUT2D eigenvalue weighted by molar-refractivity contribution is -0.152. The molecule has 1 unspecified atom stereocenters. The van der Waals surface area contributed by atoms with E-state index in [9.17, 15) is 9.59 Å². The Hall–Kier alpha value is -0.710. The summed E-state index contributed by atoms with van der Waals surface area (Å²) in [4.78, 5) is 22.6. The second kappa shape index (κ2) is 6.28. The van der Waals surface area contributed by atoms with Gasteiger partial charge in [-0.1, -0.05) is 29.3 Å². The van der Waals surface area contributed by atoms with Gasteiger partial charge in [-0.05, 0) is 12.1 Å². The number of carbonyl (C=O) groups excluding carboxylic acids is 2. The van der Waals surface area contributed by atoms with Crippen LogP contribution in [0.5, 0.6) is 0 Å². The maximum atomic E-state index is 11.6. The minimum atomic E-state index is -0.986. The minimum absolute atomic E-state index is 0.0296. The number of carbonyl (C=O) groups is 2. The van der Waals surface area contributed by atoms with Crippen LogP contribution in [0, 0.1) is 0 Å². The molecule has 0 saturated carbocycles. The molecule has 1 aromatic rings. The summed E-state index contributed by atoms with van der Waals surface area (Å²) >= 11 is 15.5. The predicted molar refractivity (Wildman–Crippen MR) is 69.8 cm³/mol. The molecular formula is C11H10Cl2O3S. The van der Waals surface area contributed by atoms with Crippen LogP contribution in [-0.2, 0) is 14.3 Å². The molecule has 1 atom stereocenters. The van der Waals surface area contributed by atoms with Crippen LogP contribution < -0.4 is 0 Å². The van der Waals surface area contributed by atoms with E-state index in [1.54, 1.807) is 12.1 Å². The van der Waals surface area contributed by atoms with Crippen molar-refractivity contribution in [3.05, 3.63) is 33.8 Å². The number of halogens is 2. The van der Waals surface area contributed by atoms with Gasteiger partial charge < -0.3 is 4.74 Å². The molecule has 1 rings (SSSR count). The van der Waals surface area contributed by atoms with Crippen LogP contribution in [0.1, 0.15) is 18.6 Å². The molecule has 92 valence electrons. The minimum Gasteiger partial charge on any atom is -0.450 e. The molecule has 0 radical (unpaired) electrons. The first kappa shape index (κ1) is 14.4. The number of thiol groups is 1. The topological polar surface area (TPSA) is 43.4 Å². The molecule has 0 aliphatic rings. The molecule has 0 aliphatic carbocycles. The highest BCUT2D eigenvalue weighted by Gasteiger charge is 2.23. The lowest BCUT2D eigenvalue weighted by Crippen LogP contribution is -2.19. The van der Waals surface area contributed by atoms with Crippen molar-refractivity contribution in [1.29, 1.82) is 0 Å². The molecular weight excluding hydrogens is 283 g/mol. The first-order chi connectivity index (χ1) is 7.95. The van der Waals surface area contributed by atoms with Gasteiger partial charge in [0.15, 0.2) is 11.9 Å². The van der Waals surface area contributed by atoms with Crippen molar-refractivity contribution in [1.82, 2.24) is 0 Å². The SMILES string of the molecule is CC(=O)OC(C(=O)CS)c1ccc(Cl)c(Cl)c1. The lowest BCUT2D eigenvalue weighted by atomic mass is 10.1. The fraction of sp³-hybridized carbons (Fsp3) is 0.273. The Bertz CT molecular complexity index is 448. The van der Waals surface area contributed by atoms with Gasteiger partial charge in [0, 0.05) is 12.5 Å². The van der Waals surface area contributed by atoms with E-state index in [0.29, 0.717) is 15.6 Å².